The number of nitrogens with one attached hydrogen (secondary N) is 2. The summed E-state index contributed by atoms with van der Waals surface area (Å²) in [7, 11) is 0. The Hall–Kier alpha value is -3.16. The average molecular weight is 345 g/mol. The summed E-state index contributed by atoms with van der Waals surface area (Å²) in [4.78, 5) is 49.2. The minimum absolute atomic E-state index is 0.0236. The number of carbonyl (C=O) groups excluding carboxylic acids is 1. The summed E-state index contributed by atoms with van der Waals surface area (Å²) in [5.41, 5.74) is -0.680. The number of para-hydroxylation sites is 1. The van der Waals surface area contributed by atoms with E-state index in [0.29, 0.717) is 17.3 Å². The van der Waals surface area contributed by atoms with Gasteiger partial charge in [0.15, 0.2) is 0 Å². The summed E-state index contributed by atoms with van der Waals surface area (Å²) in [6.07, 6.45) is 2.19. The zero-order valence-electron chi connectivity index (χ0n) is 13.5. The van der Waals surface area contributed by atoms with Crippen molar-refractivity contribution in [3.63, 3.8) is 0 Å². The third-order valence-electron chi connectivity index (χ3n) is 3.76. The SMILES string of the molecule is C=CCCC(NC(=O)CCn1c(=O)[nH]c(=O)c2ccccc21)C(=O)O. The van der Waals surface area contributed by atoms with Crippen molar-refractivity contribution < 1.29 is 14.7 Å². The van der Waals surface area contributed by atoms with Crippen molar-refractivity contribution in [3.8, 4) is 0 Å². The summed E-state index contributed by atoms with van der Waals surface area (Å²) >= 11 is 0. The zero-order chi connectivity index (χ0) is 18.4. The van der Waals surface area contributed by atoms with Crippen LogP contribution in [0.5, 0.6) is 0 Å². The summed E-state index contributed by atoms with van der Waals surface area (Å²) in [6, 6.07) is 5.56. The molecule has 8 nitrogen and oxygen atoms in total. The third kappa shape index (κ3) is 4.43. The smallest absolute Gasteiger partial charge is 0.328 e. The third-order valence-corrected chi connectivity index (χ3v) is 3.76. The van der Waals surface area contributed by atoms with Gasteiger partial charge >= 0.3 is 11.7 Å². The van der Waals surface area contributed by atoms with Gasteiger partial charge in [0.05, 0.1) is 10.9 Å². The molecule has 2 rings (SSSR count). The van der Waals surface area contributed by atoms with Crippen LogP contribution < -0.4 is 16.6 Å². The molecule has 0 radical (unpaired) electrons. The fourth-order valence-electron chi connectivity index (χ4n) is 2.49. The van der Waals surface area contributed by atoms with E-state index in [4.69, 9.17) is 5.11 Å². The number of aliphatic carboxylic acids is 1. The highest BCUT2D eigenvalue weighted by Gasteiger charge is 2.19. The molecule has 1 aromatic heterocycles. The number of fused-ring (bicyclic) bond motifs is 1. The van der Waals surface area contributed by atoms with Gasteiger partial charge in [0.1, 0.15) is 6.04 Å². The standard InChI is InChI=1S/C17H19N3O5/c1-2-3-7-12(16(23)24)18-14(21)9-10-20-13-8-5-4-6-11(13)15(22)19-17(20)25/h2,4-6,8,12H,1,3,7,9-10H2,(H,18,21)(H,23,24)(H,19,22,25). The normalized spacial score (nSPS) is 11.8. The lowest BCUT2D eigenvalue weighted by atomic mass is 10.1. The Bertz CT molecular complexity index is 912. The molecule has 0 bridgehead atoms. The van der Waals surface area contributed by atoms with E-state index < -0.39 is 29.2 Å². The van der Waals surface area contributed by atoms with Crippen LogP contribution in [0.2, 0.25) is 0 Å². The predicted molar refractivity (Wildman–Crippen MR) is 92.4 cm³/mol. The van der Waals surface area contributed by atoms with E-state index in [1.165, 1.54) is 4.57 Å². The van der Waals surface area contributed by atoms with Crippen molar-refractivity contribution in [1.29, 1.82) is 0 Å². The van der Waals surface area contributed by atoms with Crippen LogP contribution in [0.3, 0.4) is 0 Å². The molecule has 1 amide bonds. The molecule has 132 valence electrons. The molecule has 0 spiro atoms. The first-order valence-electron chi connectivity index (χ1n) is 7.79. The number of amides is 1. The van der Waals surface area contributed by atoms with Crippen molar-refractivity contribution in [2.24, 2.45) is 0 Å². The number of aromatic amines is 1. The molecule has 0 aliphatic carbocycles. The second-order valence-electron chi connectivity index (χ2n) is 5.50. The van der Waals surface area contributed by atoms with Gasteiger partial charge in [-0.3, -0.25) is 19.1 Å². The molecule has 8 heteroatoms. The largest absolute Gasteiger partial charge is 0.480 e. The van der Waals surface area contributed by atoms with Crippen molar-refractivity contribution in [2.45, 2.75) is 31.8 Å². The fraction of sp³-hybridized carbons (Fsp3) is 0.294. The molecule has 2 aromatic rings. The van der Waals surface area contributed by atoms with Crippen molar-refractivity contribution in [2.75, 3.05) is 0 Å². The van der Waals surface area contributed by atoms with Gasteiger partial charge in [-0.15, -0.1) is 6.58 Å². The maximum absolute atomic E-state index is 12.0. The van der Waals surface area contributed by atoms with Crippen molar-refractivity contribution in [1.82, 2.24) is 14.9 Å². The molecule has 0 saturated heterocycles. The van der Waals surface area contributed by atoms with Gasteiger partial charge in [0.25, 0.3) is 5.56 Å². The van der Waals surface area contributed by atoms with Crippen LogP contribution >= 0.6 is 0 Å². The maximum Gasteiger partial charge on any atom is 0.328 e. The average Bonchev–Trinajstić information content (AvgIpc) is 2.58. The topological polar surface area (TPSA) is 121 Å². The number of rotatable bonds is 8. The van der Waals surface area contributed by atoms with E-state index in [-0.39, 0.29) is 19.4 Å². The Morgan fingerprint density at radius 3 is 2.72 bits per heavy atom. The van der Waals surface area contributed by atoms with E-state index in [9.17, 15) is 19.2 Å². The molecule has 0 fully saturated rings. The Labute approximate surface area is 142 Å². The summed E-state index contributed by atoms with van der Waals surface area (Å²) in [5.74, 6) is -1.61. The number of carbonyl (C=O) groups is 2. The van der Waals surface area contributed by atoms with Crippen LogP contribution in [0.25, 0.3) is 10.9 Å². The highest BCUT2D eigenvalue weighted by Crippen LogP contribution is 2.07. The number of aryl methyl sites for hydroxylation is 1. The van der Waals surface area contributed by atoms with E-state index in [1.54, 1.807) is 30.3 Å². The molecule has 25 heavy (non-hydrogen) atoms. The van der Waals surface area contributed by atoms with Crippen molar-refractivity contribution in [3.05, 3.63) is 57.8 Å². The minimum Gasteiger partial charge on any atom is -0.480 e. The van der Waals surface area contributed by atoms with Crippen LogP contribution in [0.1, 0.15) is 19.3 Å². The lowest BCUT2D eigenvalue weighted by Gasteiger charge is -2.14. The lowest BCUT2D eigenvalue weighted by molar-refractivity contribution is -0.142. The van der Waals surface area contributed by atoms with Crippen LogP contribution in [-0.4, -0.2) is 32.6 Å². The van der Waals surface area contributed by atoms with Gasteiger partial charge in [-0.2, -0.15) is 0 Å². The Morgan fingerprint density at radius 1 is 1.32 bits per heavy atom. The Kier molecular flexibility index (Phi) is 5.89. The minimum atomic E-state index is -1.12. The van der Waals surface area contributed by atoms with Gasteiger partial charge in [0.2, 0.25) is 5.91 Å². The van der Waals surface area contributed by atoms with Crippen LogP contribution in [-0.2, 0) is 16.1 Å². The van der Waals surface area contributed by atoms with Gasteiger partial charge in [-0.05, 0) is 25.0 Å². The van der Waals surface area contributed by atoms with Crippen molar-refractivity contribution >= 4 is 22.8 Å². The van der Waals surface area contributed by atoms with Gasteiger partial charge < -0.3 is 10.4 Å². The molecule has 0 aliphatic heterocycles. The van der Waals surface area contributed by atoms with Gasteiger partial charge in [-0.25, -0.2) is 9.59 Å². The second-order valence-corrected chi connectivity index (χ2v) is 5.50. The van der Waals surface area contributed by atoms with Crippen LogP contribution in [0, 0.1) is 0 Å². The number of carboxylic acid groups (broad SMARTS) is 1. The summed E-state index contributed by atoms with van der Waals surface area (Å²) in [5, 5.41) is 11.9. The number of H-pyrrole nitrogens is 1. The molecular formula is C17H19N3O5. The molecule has 0 saturated carbocycles. The van der Waals surface area contributed by atoms with Crippen LogP contribution in [0.15, 0.2) is 46.5 Å². The van der Waals surface area contributed by atoms with Gasteiger partial charge in [0, 0.05) is 13.0 Å². The quantitative estimate of drug-likeness (QED) is 0.605. The molecule has 0 aliphatic rings. The van der Waals surface area contributed by atoms with Gasteiger partial charge in [-0.1, -0.05) is 18.2 Å². The summed E-state index contributed by atoms with van der Waals surface area (Å²) < 4.78 is 1.29. The predicted octanol–water partition coefficient (Wildman–Crippen LogP) is 0.615. The second kappa shape index (κ2) is 8.09. The lowest BCUT2D eigenvalue weighted by Crippen LogP contribution is -2.41. The number of aromatic nitrogens is 2. The highest BCUT2D eigenvalue weighted by molar-refractivity contribution is 5.83. The molecule has 1 unspecified atom stereocenters. The zero-order valence-corrected chi connectivity index (χ0v) is 13.5. The number of nitrogens with zero attached hydrogens (tertiary/aromatic N) is 1. The Balaban J connectivity index is 2.13. The number of carboxylic acids is 1. The number of benzene rings is 1. The van der Waals surface area contributed by atoms with E-state index in [2.05, 4.69) is 16.9 Å². The molecule has 1 heterocycles. The van der Waals surface area contributed by atoms with E-state index in [0.717, 1.165) is 0 Å². The first kappa shape index (κ1) is 18.2. The number of hydrogen-bond acceptors (Lipinski definition) is 4. The molecule has 1 aromatic carbocycles. The summed E-state index contributed by atoms with van der Waals surface area (Å²) in [6.45, 7) is 3.54. The number of allylic oxidation sites excluding steroid dienone is 1. The van der Waals surface area contributed by atoms with Crippen LogP contribution in [0.4, 0.5) is 0 Å². The Morgan fingerprint density at radius 2 is 2.04 bits per heavy atom. The highest BCUT2D eigenvalue weighted by atomic mass is 16.4. The van der Waals surface area contributed by atoms with E-state index in [1.807, 2.05) is 0 Å². The molecule has 1 atom stereocenters. The molecule has 3 N–H and O–H groups in total. The monoisotopic (exact) mass is 345 g/mol. The number of hydrogen-bond donors (Lipinski definition) is 3. The maximum atomic E-state index is 12.0. The van der Waals surface area contributed by atoms with E-state index >= 15 is 0 Å². The first-order valence-corrected chi connectivity index (χ1v) is 7.79. The fourth-order valence-corrected chi connectivity index (χ4v) is 2.49. The first-order chi connectivity index (χ1) is 11.9. The molecular weight excluding hydrogens is 326 g/mol.